The first-order chi connectivity index (χ1) is 8.16. The Morgan fingerprint density at radius 1 is 1.35 bits per heavy atom. The lowest BCUT2D eigenvalue weighted by atomic mass is 10.1. The fraction of sp³-hybridized carbons (Fsp3) is 0.357. The van der Waals surface area contributed by atoms with Gasteiger partial charge in [-0.05, 0) is 43.5 Å². The lowest BCUT2D eigenvalue weighted by Crippen LogP contribution is -2.28. The zero-order valence-electron chi connectivity index (χ0n) is 9.95. The highest BCUT2D eigenvalue weighted by Crippen LogP contribution is 2.16. The van der Waals surface area contributed by atoms with Crippen molar-refractivity contribution in [3.63, 3.8) is 0 Å². The molecule has 0 bridgehead atoms. The molecule has 17 heavy (non-hydrogen) atoms. The van der Waals surface area contributed by atoms with E-state index in [-0.39, 0.29) is 5.91 Å². The van der Waals surface area contributed by atoms with E-state index < -0.39 is 0 Å². The van der Waals surface area contributed by atoms with Gasteiger partial charge in [-0.3, -0.25) is 4.79 Å². The van der Waals surface area contributed by atoms with Gasteiger partial charge < -0.3 is 4.90 Å². The van der Waals surface area contributed by atoms with E-state index in [1.807, 2.05) is 42.2 Å². The van der Waals surface area contributed by atoms with Crippen LogP contribution >= 0.6 is 11.6 Å². The minimum Gasteiger partial charge on any atom is -0.339 e. The molecule has 1 aliphatic rings. The van der Waals surface area contributed by atoms with Crippen LogP contribution < -0.4 is 0 Å². The number of amides is 1. The largest absolute Gasteiger partial charge is 0.339 e. The number of carbonyl (C=O) groups is 1. The second kappa shape index (κ2) is 5.37. The molecule has 0 aromatic heterocycles. The highest BCUT2D eigenvalue weighted by Gasteiger charge is 2.18. The summed E-state index contributed by atoms with van der Waals surface area (Å²) < 4.78 is 0. The van der Waals surface area contributed by atoms with Gasteiger partial charge in [0, 0.05) is 23.7 Å². The first-order valence-electron chi connectivity index (χ1n) is 5.90. The van der Waals surface area contributed by atoms with Gasteiger partial charge in [-0.15, -0.1) is 0 Å². The molecule has 1 heterocycles. The third-order valence-corrected chi connectivity index (χ3v) is 3.20. The van der Waals surface area contributed by atoms with E-state index in [4.69, 9.17) is 11.6 Å². The Morgan fingerprint density at radius 3 is 2.71 bits per heavy atom. The molecule has 0 atom stereocenters. The minimum atomic E-state index is 0.141. The summed E-state index contributed by atoms with van der Waals surface area (Å²) in [5.74, 6) is 0.141. The van der Waals surface area contributed by atoms with Gasteiger partial charge in [-0.1, -0.05) is 23.7 Å². The zero-order chi connectivity index (χ0) is 12.3. The van der Waals surface area contributed by atoms with Gasteiger partial charge >= 0.3 is 0 Å². The van der Waals surface area contributed by atoms with Crippen molar-refractivity contribution in [3.05, 3.63) is 40.4 Å². The van der Waals surface area contributed by atoms with Crippen LogP contribution in [0.2, 0.25) is 5.02 Å². The summed E-state index contributed by atoms with van der Waals surface area (Å²) in [7, 11) is 0. The predicted octanol–water partition coefficient (Wildman–Crippen LogP) is 3.37. The lowest BCUT2D eigenvalue weighted by Gasteiger charge is -2.15. The molecule has 3 heteroatoms. The van der Waals surface area contributed by atoms with Crippen LogP contribution in [0.15, 0.2) is 29.8 Å². The average Bonchev–Trinajstić information content (AvgIpc) is 2.81. The van der Waals surface area contributed by atoms with Gasteiger partial charge in [0.15, 0.2) is 0 Å². The molecule has 1 aromatic carbocycles. The van der Waals surface area contributed by atoms with Crippen molar-refractivity contribution in [1.29, 1.82) is 0 Å². The number of hydrogen-bond acceptors (Lipinski definition) is 1. The normalized spacial score (nSPS) is 16.4. The van der Waals surface area contributed by atoms with Crippen LogP contribution in [0.3, 0.4) is 0 Å². The van der Waals surface area contributed by atoms with Crippen LogP contribution in [-0.4, -0.2) is 23.9 Å². The highest BCUT2D eigenvalue weighted by molar-refractivity contribution is 6.30. The Bertz CT molecular complexity index is 447. The van der Waals surface area contributed by atoms with Crippen molar-refractivity contribution in [2.45, 2.75) is 19.8 Å². The fourth-order valence-electron chi connectivity index (χ4n) is 2.08. The smallest absolute Gasteiger partial charge is 0.249 e. The summed E-state index contributed by atoms with van der Waals surface area (Å²) in [4.78, 5) is 14.0. The molecule has 0 aliphatic carbocycles. The van der Waals surface area contributed by atoms with Crippen LogP contribution in [0, 0.1) is 0 Å². The van der Waals surface area contributed by atoms with Crippen molar-refractivity contribution >= 4 is 23.6 Å². The zero-order valence-corrected chi connectivity index (χ0v) is 10.7. The summed E-state index contributed by atoms with van der Waals surface area (Å²) in [5.41, 5.74) is 1.75. The molecule has 0 radical (unpaired) electrons. The first kappa shape index (κ1) is 12.2. The highest BCUT2D eigenvalue weighted by atomic mass is 35.5. The third kappa shape index (κ3) is 3.10. The Balaban J connectivity index is 2.13. The molecule has 1 aliphatic heterocycles. The quantitative estimate of drug-likeness (QED) is 0.736. The van der Waals surface area contributed by atoms with Crippen molar-refractivity contribution in [3.8, 4) is 0 Å². The maximum Gasteiger partial charge on any atom is 0.249 e. The first-order valence-corrected chi connectivity index (χ1v) is 6.28. The van der Waals surface area contributed by atoms with Crippen LogP contribution in [0.1, 0.15) is 25.3 Å². The fourth-order valence-corrected chi connectivity index (χ4v) is 2.28. The number of halogens is 1. The molecular weight excluding hydrogens is 234 g/mol. The van der Waals surface area contributed by atoms with E-state index in [2.05, 4.69) is 0 Å². The second-order valence-electron chi connectivity index (χ2n) is 4.38. The van der Waals surface area contributed by atoms with Gasteiger partial charge in [0.1, 0.15) is 0 Å². The Labute approximate surface area is 107 Å². The van der Waals surface area contributed by atoms with Crippen molar-refractivity contribution in [1.82, 2.24) is 4.90 Å². The number of nitrogens with zero attached hydrogens (tertiary/aromatic N) is 1. The number of benzene rings is 1. The Morgan fingerprint density at radius 2 is 2.06 bits per heavy atom. The van der Waals surface area contributed by atoms with Gasteiger partial charge in [-0.25, -0.2) is 0 Å². The topological polar surface area (TPSA) is 20.3 Å². The maximum absolute atomic E-state index is 12.1. The molecule has 1 fully saturated rings. The molecule has 0 saturated carbocycles. The van der Waals surface area contributed by atoms with E-state index >= 15 is 0 Å². The summed E-state index contributed by atoms with van der Waals surface area (Å²) in [5, 5.41) is 0.695. The summed E-state index contributed by atoms with van der Waals surface area (Å²) in [6.45, 7) is 3.64. The van der Waals surface area contributed by atoms with Gasteiger partial charge in [0.2, 0.25) is 5.91 Å². The number of rotatable bonds is 2. The maximum atomic E-state index is 12.1. The van der Waals surface area contributed by atoms with Gasteiger partial charge in [0.25, 0.3) is 0 Å². The number of carbonyl (C=O) groups excluding carboxylic acids is 1. The van der Waals surface area contributed by atoms with E-state index in [1.165, 1.54) is 0 Å². The Kier molecular flexibility index (Phi) is 3.85. The van der Waals surface area contributed by atoms with Gasteiger partial charge in [-0.2, -0.15) is 0 Å². The number of likely N-dealkylation sites (tertiary alicyclic amines) is 1. The Hall–Kier alpha value is -1.28. The molecule has 1 aromatic rings. The van der Waals surface area contributed by atoms with Crippen LogP contribution in [0.25, 0.3) is 6.08 Å². The van der Waals surface area contributed by atoms with Crippen LogP contribution in [0.4, 0.5) is 0 Å². The minimum absolute atomic E-state index is 0.141. The monoisotopic (exact) mass is 249 g/mol. The average molecular weight is 250 g/mol. The summed E-state index contributed by atoms with van der Waals surface area (Å²) in [6.07, 6.45) is 4.14. The standard InChI is InChI=1S/C14H16ClNO/c1-11(14(17)16-7-2-3-8-16)9-12-5-4-6-13(15)10-12/h4-6,9-10H,2-3,7-8H2,1H3/b11-9+. The van der Waals surface area contributed by atoms with E-state index in [9.17, 15) is 4.79 Å². The van der Waals surface area contributed by atoms with Crippen molar-refractivity contribution < 1.29 is 4.79 Å². The SMILES string of the molecule is C/C(=C\c1cccc(Cl)c1)C(=O)N1CCCC1. The predicted molar refractivity (Wildman–Crippen MR) is 70.9 cm³/mol. The lowest BCUT2D eigenvalue weighted by molar-refractivity contribution is -0.125. The molecular formula is C14H16ClNO. The van der Waals surface area contributed by atoms with Crippen molar-refractivity contribution in [2.75, 3.05) is 13.1 Å². The van der Waals surface area contributed by atoms with E-state index in [0.29, 0.717) is 5.02 Å². The molecule has 90 valence electrons. The molecule has 0 unspecified atom stereocenters. The summed E-state index contributed by atoms with van der Waals surface area (Å²) in [6, 6.07) is 7.53. The summed E-state index contributed by atoms with van der Waals surface area (Å²) >= 11 is 5.91. The van der Waals surface area contributed by atoms with Crippen molar-refractivity contribution in [2.24, 2.45) is 0 Å². The van der Waals surface area contributed by atoms with Crippen LogP contribution in [0.5, 0.6) is 0 Å². The molecule has 0 spiro atoms. The van der Waals surface area contributed by atoms with E-state index in [0.717, 1.165) is 37.1 Å². The molecule has 2 nitrogen and oxygen atoms in total. The molecule has 1 amide bonds. The van der Waals surface area contributed by atoms with Crippen LogP contribution in [-0.2, 0) is 4.79 Å². The van der Waals surface area contributed by atoms with E-state index in [1.54, 1.807) is 0 Å². The number of hydrogen-bond donors (Lipinski definition) is 0. The van der Waals surface area contributed by atoms with Gasteiger partial charge in [0.05, 0.1) is 0 Å². The molecule has 0 N–H and O–H groups in total. The molecule has 2 rings (SSSR count). The third-order valence-electron chi connectivity index (χ3n) is 2.96. The second-order valence-corrected chi connectivity index (χ2v) is 4.82. The molecule has 1 saturated heterocycles.